The van der Waals surface area contributed by atoms with Crippen molar-refractivity contribution >= 4 is 5.97 Å². The van der Waals surface area contributed by atoms with Gasteiger partial charge in [0.15, 0.2) is 0 Å². The fraction of sp³-hybridized carbons (Fsp3) is 0.947. The Hall–Kier alpha value is -0.530. The Morgan fingerprint density at radius 3 is 1.76 bits per heavy atom. The van der Waals surface area contributed by atoms with Gasteiger partial charge in [-0.25, -0.2) is 0 Å². The standard InChI is InChI=1S/C19H32O2/c20-19(21-18-9-5-2-6-10-18)17-13-11-16(12-14-17)15-7-3-1-4-8-15/h15-18H,1-14H2. The van der Waals surface area contributed by atoms with Gasteiger partial charge in [0, 0.05) is 0 Å². The van der Waals surface area contributed by atoms with E-state index in [9.17, 15) is 4.79 Å². The van der Waals surface area contributed by atoms with Crippen molar-refractivity contribution in [3.05, 3.63) is 0 Å². The van der Waals surface area contributed by atoms with Crippen LogP contribution >= 0.6 is 0 Å². The third-order valence-electron chi connectivity index (χ3n) is 6.26. The second-order valence-electron chi connectivity index (χ2n) is 7.71. The van der Waals surface area contributed by atoms with Gasteiger partial charge in [0.25, 0.3) is 0 Å². The number of esters is 1. The zero-order valence-corrected chi connectivity index (χ0v) is 13.5. The zero-order chi connectivity index (χ0) is 14.5. The third kappa shape index (κ3) is 4.23. The lowest BCUT2D eigenvalue weighted by atomic mass is 9.71. The Balaban J connectivity index is 1.40. The fourth-order valence-corrected chi connectivity index (χ4v) is 4.88. The van der Waals surface area contributed by atoms with Crippen LogP contribution in [0.1, 0.15) is 89.9 Å². The van der Waals surface area contributed by atoms with Crippen LogP contribution in [0.4, 0.5) is 0 Å². The number of hydrogen-bond donors (Lipinski definition) is 0. The lowest BCUT2D eigenvalue weighted by molar-refractivity contribution is -0.157. The van der Waals surface area contributed by atoms with Crippen LogP contribution in [0.25, 0.3) is 0 Å². The summed E-state index contributed by atoms with van der Waals surface area (Å²) < 4.78 is 5.77. The van der Waals surface area contributed by atoms with Crippen molar-refractivity contribution in [2.45, 2.75) is 96.0 Å². The number of ether oxygens (including phenoxy) is 1. The summed E-state index contributed by atoms with van der Waals surface area (Å²) in [6.07, 6.45) is 18.2. The van der Waals surface area contributed by atoms with Gasteiger partial charge in [0.05, 0.1) is 5.92 Å². The molecule has 21 heavy (non-hydrogen) atoms. The highest BCUT2D eigenvalue weighted by Gasteiger charge is 2.32. The predicted molar refractivity (Wildman–Crippen MR) is 85.0 cm³/mol. The molecule has 120 valence electrons. The molecule has 0 spiro atoms. The monoisotopic (exact) mass is 292 g/mol. The van der Waals surface area contributed by atoms with Crippen LogP contribution in [0.15, 0.2) is 0 Å². The summed E-state index contributed by atoms with van der Waals surface area (Å²) in [6, 6.07) is 0. The Bertz CT molecular complexity index is 318. The van der Waals surface area contributed by atoms with Crippen molar-refractivity contribution in [3.8, 4) is 0 Å². The Kier molecular flexibility index (Phi) is 5.60. The van der Waals surface area contributed by atoms with E-state index < -0.39 is 0 Å². The van der Waals surface area contributed by atoms with Gasteiger partial charge in [-0.05, 0) is 63.2 Å². The summed E-state index contributed by atoms with van der Waals surface area (Å²) >= 11 is 0. The van der Waals surface area contributed by atoms with Gasteiger partial charge < -0.3 is 4.74 Å². The molecule has 0 heterocycles. The van der Waals surface area contributed by atoms with Crippen molar-refractivity contribution in [2.75, 3.05) is 0 Å². The Morgan fingerprint density at radius 2 is 1.14 bits per heavy atom. The molecule has 3 saturated carbocycles. The van der Waals surface area contributed by atoms with Gasteiger partial charge in [-0.1, -0.05) is 38.5 Å². The topological polar surface area (TPSA) is 26.3 Å². The number of rotatable bonds is 3. The average molecular weight is 292 g/mol. The maximum absolute atomic E-state index is 12.3. The first kappa shape index (κ1) is 15.4. The molecule has 0 aliphatic heterocycles. The Labute approximate surface area is 130 Å². The molecule has 2 heteroatoms. The first-order valence-corrected chi connectivity index (χ1v) is 9.53. The maximum atomic E-state index is 12.3. The minimum atomic E-state index is 0.129. The molecular formula is C19H32O2. The second kappa shape index (κ2) is 7.65. The van der Waals surface area contributed by atoms with Crippen LogP contribution in [0.5, 0.6) is 0 Å². The summed E-state index contributed by atoms with van der Waals surface area (Å²) in [7, 11) is 0. The third-order valence-corrected chi connectivity index (χ3v) is 6.26. The van der Waals surface area contributed by atoms with E-state index in [0.717, 1.165) is 37.5 Å². The lowest BCUT2D eigenvalue weighted by Gasteiger charge is -2.35. The first-order chi connectivity index (χ1) is 10.3. The average Bonchev–Trinajstić information content (AvgIpc) is 2.57. The van der Waals surface area contributed by atoms with Gasteiger partial charge in [-0.2, -0.15) is 0 Å². The summed E-state index contributed by atoms with van der Waals surface area (Å²) in [5, 5.41) is 0. The quantitative estimate of drug-likeness (QED) is 0.664. The molecule has 0 atom stereocenters. The van der Waals surface area contributed by atoms with Crippen molar-refractivity contribution in [1.82, 2.24) is 0 Å². The van der Waals surface area contributed by atoms with Crippen LogP contribution in [-0.2, 0) is 9.53 Å². The van der Waals surface area contributed by atoms with E-state index in [2.05, 4.69) is 0 Å². The zero-order valence-electron chi connectivity index (χ0n) is 13.5. The van der Waals surface area contributed by atoms with Crippen molar-refractivity contribution in [1.29, 1.82) is 0 Å². The molecule has 0 saturated heterocycles. The lowest BCUT2D eigenvalue weighted by Crippen LogP contribution is -2.30. The largest absolute Gasteiger partial charge is 0.462 e. The molecule has 0 aromatic rings. The minimum Gasteiger partial charge on any atom is -0.462 e. The Morgan fingerprint density at radius 1 is 0.619 bits per heavy atom. The highest BCUT2D eigenvalue weighted by Crippen LogP contribution is 2.40. The van der Waals surface area contributed by atoms with Gasteiger partial charge in [0.2, 0.25) is 0 Å². The molecule has 3 rings (SSSR count). The second-order valence-corrected chi connectivity index (χ2v) is 7.71. The summed E-state index contributed by atoms with van der Waals surface area (Å²) in [6.45, 7) is 0. The normalized spacial score (nSPS) is 32.8. The van der Waals surface area contributed by atoms with Crippen LogP contribution < -0.4 is 0 Å². The fourth-order valence-electron chi connectivity index (χ4n) is 4.88. The van der Waals surface area contributed by atoms with Crippen molar-refractivity contribution in [3.63, 3.8) is 0 Å². The highest BCUT2D eigenvalue weighted by atomic mass is 16.5. The van der Waals surface area contributed by atoms with E-state index >= 15 is 0 Å². The van der Waals surface area contributed by atoms with Gasteiger partial charge in [0.1, 0.15) is 6.10 Å². The smallest absolute Gasteiger partial charge is 0.309 e. The van der Waals surface area contributed by atoms with E-state index in [-0.39, 0.29) is 18.0 Å². The molecule has 2 nitrogen and oxygen atoms in total. The molecule has 3 aliphatic carbocycles. The molecule has 3 aliphatic rings. The van der Waals surface area contributed by atoms with Crippen molar-refractivity contribution in [2.24, 2.45) is 17.8 Å². The van der Waals surface area contributed by atoms with E-state index in [0.29, 0.717) is 0 Å². The molecule has 0 radical (unpaired) electrons. The summed E-state index contributed by atoms with van der Waals surface area (Å²) in [5.74, 6) is 2.22. The maximum Gasteiger partial charge on any atom is 0.309 e. The van der Waals surface area contributed by atoms with Crippen molar-refractivity contribution < 1.29 is 9.53 Å². The van der Waals surface area contributed by atoms with Crippen LogP contribution in [-0.4, -0.2) is 12.1 Å². The van der Waals surface area contributed by atoms with E-state index in [4.69, 9.17) is 4.74 Å². The van der Waals surface area contributed by atoms with Gasteiger partial charge in [-0.3, -0.25) is 4.79 Å². The molecule has 0 N–H and O–H groups in total. The molecule has 0 aromatic heterocycles. The minimum absolute atomic E-state index is 0.129. The van der Waals surface area contributed by atoms with E-state index in [1.54, 1.807) is 0 Å². The van der Waals surface area contributed by atoms with Crippen LogP contribution in [0.3, 0.4) is 0 Å². The predicted octanol–water partition coefficient (Wildman–Crippen LogP) is 5.25. The van der Waals surface area contributed by atoms with Gasteiger partial charge in [-0.15, -0.1) is 0 Å². The summed E-state index contributed by atoms with van der Waals surface area (Å²) in [5.41, 5.74) is 0. The highest BCUT2D eigenvalue weighted by molar-refractivity contribution is 5.72. The molecular weight excluding hydrogens is 260 g/mol. The number of carbonyl (C=O) groups excluding carboxylic acids is 1. The van der Waals surface area contributed by atoms with Gasteiger partial charge >= 0.3 is 5.97 Å². The van der Waals surface area contributed by atoms with Crippen LogP contribution in [0.2, 0.25) is 0 Å². The first-order valence-electron chi connectivity index (χ1n) is 9.53. The van der Waals surface area contributed by atoms with Crippen LogP contribution in [0, 0.1) is 17.8 Å². The number of carbonyl (C=O) groups is 1. The van der Waals surface area contributed by atoms with E-state index in [1.165, 1.54) is 64.2 Å². The molecule has 0 aromatic carbocycles. The molecule has 0 amide bonds. The summed E-state index contributed by atoms with van der Waals surface area (Å²) in [4.78, 5) is 12.3. The molecule has 0 unspecified atom stereocenters. The number of hydrogen-bond acceptors (Lipinski definition) is 2. The molecule has 3 fully saturated rings. The SMILES string of the molecule is O=C(OC1CCCCC1)C1CCC(C2CCCCC2)CC1. The molecule has 0 bridgehead atoms. The van der Waals surface area contributed by atoms with E-state index in [1.807, 2.05) is 0 Å².